The van der Waals surface area contributed by atoms with Crippen LogP contribution in [-0.4, -0.2) is 46.1 Å². The number of rotatable bonds is 1. The van der Waals surface area contributed by atoms with Gasteiger partial charge in [0.25, 0.3) is 0 Å². The van der Waals surface area contributed by atoms with E-state index in [1.54, 1.807) is 0 Å². The molecule has 2 rings (SSSR count). The second-order valence-electron chi connectivity index (χ2n) is 3.85. The molecule has 2 atom stereocenters. The van der Waals surface area contributed by atoms with Gasteiger partial charge in [-0.25, -0.2) is 9.79 Å². The van der Waals surface area contributed by atoms with Gasteiger partial charge in [-0.15, -0.1) is 12.4 Å². The van der Waals surface area contributed by atoms with E-state index in [2.05, 4.69) is 10.3 Å². The number of ether oxygens (including phenoxy) is 1. The van der Waals surface area contributed by atoms with Crippen molar-refractivity contribution in [2.24, 2.45) is 10.7 Å². The summed E-state index contributed by atoms with van der Waals surface area (Å²) in [7, 11) is 0. The molecule has 0 aromatic carbocycles. The summed E-state index contributed by atoms with van der Waals surface area (Å²) in [5.41, 5.74) is 5.56. The summed E-state index contributed by atoms with van der Waals surface area (Å²) < 4.78 is 3.28. The molecule has 108 valence electrons. The summed E-state index contributed by atoms with van der Waals surface area (Å²) >= 11 is 16.5. The smallest absolute Gasteiger partial charge is 0.412 e. The Hall–Kier alpha value is -0.560. The first-order valence-electron chi connectivity index (χ1n) is 5.13. The number of hydrogen-bond donors (Lipinski definition) is 2. The molecule has 2 aliphatic heterocycles. The van der Waals surface area contributed by atoms with Crippen LogP contribution in [0, 0.1) is 0 Å². The lowest BCUT2D eigenvalue weighted by Gasteiger charge is -2.31. The average molecular weight is 350 g/mol. The van der Waals surface area contributed by atoms with Crippen molar-refractivity contribution >= 4 is 59.3 Å². The predicted molar refractivity (Wildman–Crippen MR) is 77.1 cm³/mol. The average Bonchev–Trinajstić information content (AvgIpc) is 2.64. The number of alkyl halides is 3. The third-order valence-electron chi connectivity index (χ3n) is 2.47. The van der Waals surface area contributed by atoms with Crippen LogP contribution in [0.5, 0.6) is 0 Å². The van der Waals surface area contributed by atoms with Crippen molar-refractivity contribution < 1.29 is 9.53 Å². The Kier molecular flexibility index (Phi) is 5.43. The number of hydrogen-bond acceptors (Lipinski definition) is 5. The fourth-order valence-corrected chi connectivity index (χ4v) is 1.92. The number of nitrogens with zero attached hydrogens (tertiary/aromatic N) is 2. The van der Waals surface area contributed by atoms with Crippen LogP contribution in [0.3, 0.4) is 0 Å². The van der Waals surface area contributed by atoms with Crippen molar-refractivity contribution in [1.29, 1.82) is 0 Å². The van der Waals surface area contributed by atoms with Gasteiger partial charge in [-0.2, -0.15) is 0 Å². The zero-order valence-electron chi connectivity index (χ0n) is 9.55. The van der Waals surface area contributed by atoms with Crippen molar-refractivity contribution in [1.82, 2.24) is 10.2 Å². The molecule has 6 nitrogen and oxygen atoms in total. The van der Waals surface area contributed by atoms with Gasteiger partial charge in [-0.3, -0.25) is 4.90 Å². The fourth-order valence-electron chi connectivity index (χ4n) is 1.75. The molecule has 10 heteroatoms. The van der Waals surface area contributed by atoms with Crippen molar-refractivity contribution in [2.45, 2.75) is 16.0 Å². The van der Waals surface area contributed by atoms with E-state index in [1.807, 2.05) is 12.2 Å². The zero-order valence-corrected chi connectivity index (χ0v) is 12.6. The van der Waals surface area contributed by atoms with E-state index in [9.17, 15) is 4.79 Å². The minimum Gasteiger partial charge on any atom is -0.445 e. The minimum atomic E-state index is -1.63. The number of nitrogens with two attached hydrogens (primary N) is 1. The summed E-state index contributed by atoms with van der Waals surface area (Å²) in [6.07, 6.45) is 2.70. The first-order valence-corrected chi connectivity index (χ1v) is 6.27. The van der Waals surface area contributed by atoms with Crippen LogP contribution in [-0.2, 0) is 4.74 Å². The van der Waals surface area contributed by atoms with Crippen molar-refractivity contribution in [3.05, 3.63) is 12.2 Å². The maximum atomic E-state index is 11.9. The lowest BCUT2D eigenvalue weighted by atomic mass is 10.1. The molecular formula is C9H12Cl4N4O2. The van der Waals surface area contributed by atoms with Gasteiger partial charge < -0.3 is 15.8 Å². The van der Waals surface area contributed by atoms with E-state index in [0.717, 1.165) is 0 Å². The molecule has 0 saturated heterocycles. The largest absolute Gasteiger partial charge is 0.445 e. The Morgan fingerprint density at radius 1 is 1.63 bits per heavy atom. The molecule has 0 aliphatic carbocycles. The van der Waals surface area contributed by atoms with Gasteiger partial charge in [-0.1, -0.05) is 47.0 Å². The second kappa shape index (κ2) is 6.26. The first-order chi connectivity index (χ1) is 8.37. The Morgan fingerprint density at radius 2 is 2.32 bits per heavy atom. The molecule has 0 bridgehead atoms. The molecule has 19 heavy (non-hydrogen) atoms. The normalized spacial score (nSPS) is 25.0. The molecular weight excluding hydrogens is 338 g/mol. The number of aliphatic imine (C=N–C) groups is 1. The first kappa shape index (κ1) is 16.5. The molecule has 0 aromatic rings. The third-order valence-corrected chi connectivity index (χ3v) is 2.79. The Balaban J connectivity index is 0.00000180. The van der Waals surface area contributed by atoms with Crippen LogP contribution in [0.15, 0.2) is 17.1 Å². The van der Waals surface area contributed by atoms with Crippen LogP contribution < -0.4 is 11.1 Å². The molecule has 3 N–H and O–H groups in total. The molecule has 0 aromatic heterocycles. The lowest BCUT2D eigenvalue weighted by Crippen LogP contribution is -2.50. The monoisotopic (exact) mass is 348 g/mol. The number of fused-ring (bicyclic) bond motifs is 1. The highest BCUT2D eigenvalue weighted by Gasteiger charge is 2.37. The van der Waals surface area contributed by atoms with E-state index in [4.69, 9.17) is 45.3 Å². The number of halogens is 4. The van der Waals surface area contributed by atoms with Crippen LogP contribution in [0.1, 0.15) is 0 Å². The molecule has 1 amide bonds. The maximum Gasteiger partial charge on any atom is 0.412 e. The van der Waals surface area contributed by atoms with Gasteiger partial charge >= 0.3 is 6.09 Å². The summed E-state index contributed by atoms with van der Waals surface area (Å²) in [6.45, 7) is 0.0546. The number of amides is 1. The highest BCUT2D eigenvalue weighted by molar-refractivity contribution is 6.67. The molecule has 0 radical (unpaired) electrons. The van der Waals surface area contributed by atoms with Crippen molar-refractivity contribution in [3.8, 4) is 0 Å². The highest BCUT2D eigenvalue weighted by atomic mass is 35.6. The summed E-state index contributed by atoms with van der Waals surface area (Å²) in [5, 5.41) is 2.93. The number of carbonyl (C=O) groups is 1. The van der Waals surface area contributed by atoms with Crippen LogP contribution in [0.25, 0.3) is 0 Å². The second-order valence-corrected chi connectivity index (χ2v) is 6.36. The van der Waals surface area contributed by atoms with Crippen molar-refractivity contribution in [3.63, 3.8) is 0 Å². The zero-order chi connectivity index (χ0) is 13.3. The van der Waals surface area contributed by atoms with E-state index in [0.29, 0.717) is 6.54 Å². The molecule has 0 saturated carbocycles. The number of nitrogens with one attached hydrogen (secondary N) is 1. The van der Waals surface area contributed by atoms with E-state index >= 15 is 0 Å². The topological polar surface area (TPSA) is 80.0 Å². The Bertz CT molecular complexity index is 410. The molecule has 2 aliphatic rings. The van der Waals surface area contributed by atoms with Gasteiger partial charge in [0.15, 0.2) is 12.1 Å². The fraction of sp³-hybridized carbons (Fsp3) is 0.556. The van der Waals surface area contributed by atoms with Gasteiger partial charge in [0.2, 0.25) is 3.79 Å². The molecule has 0 spiro atoms. The quantitative estimate of drug-likeness (QED) is 0.554. The lowest BCUT2D eigenvalue weighted by molar-refractivity contribution is 0.0897. The summed E-state index contributed by atoms with van der Waals surface area (Å²) in [4.78, 5) is 17.4. The van der Waals surface area contributed by atoms with Crippen LogP contribution in [0.2, 0.25) is 0 Å². The van der Waals surface area contributed by atoms with Gasteiger partial charge in [0.1, 0.15) is 6.61 Å². The number of carbonyl (C=O) groups excluding carboxylic acids is 1. The van der Waals surface area contributed by atoms with Gasteiger partial charge in [0, 0.05) is 6.54 Å². The number of guanidine groups is 1. The standard InChI is InChI=1S/C9H11Cl3N4O2.ClH/c10-9(11,12)4-18-8(17)16-3-1-2-5-6(16)15-7(13)14-5;/h1-2,5-6H,3-4H2,(H3,13,14,15);1H/t5-,6+;/m0./s1. The summed E-state index contributed by atoms with van der Waals surface area (Å²) in [6, 6.07) is -0.140. The summed E-state index contributed by atoms with van der Waals surface area (Å²) in [5.74, 6) is 0.288. The Morgan fingerprint density at radius 3 is 2.95 bits per heavy atom. The van der Waals surface area contributed by atoms with Crippen LogP contribution >= 0.6 is 47.2 Å². The Labute approximate surface area is 131 Å². The maximum absolute atomic E-state index is 11.9. The van der Waals surface area contributed by atoms with Gasteiger partial charge in [-0.05, 0) is 0 Å². The van der Waals surface area contributed by atoms with E-state index in [1.165, 1.54) is 4.90 Å². The molecule has 0 unspecified atom stereocenters. The van der Waals surface area contributed by atoms with Crippen LogP contribution in [0.4, 0.5) is 4.79 Å². The molecule has 2 heterocycles. The SMILES string of the molecule is Cl.NC1=N[C@H]2[C@H](C=CCN2C(=O)OCC(Cl)(Cl)Cl)N1. The van der Waals surface area contributed by atoms with Crippen molar-refractivity contribution in [2.75, 3.05) is 13.2 Å². The van der Waals surface area contributed by atoms with Gasteiger partial charge in [0.05, 0.1) is 6.04 Å². The van der Waals surface area contributed by atoms with E-state index in [-0.39, 0.29) is 31.0 Å². The minimum absolute atomic E-state index is 0. The predicted octanol–water partition coefficient (Wildman–Crippen LogP) is 1.40. The molecule has 0 fully saturated rings. The third kappa shape index (κ3) is 4.21. The highest BCUT2D eigenvalue weighted by Crippen LogP contribution is 2.27. The van der Waals surface area contributed by atoms with E-state index < -0.39 is 16.1 Å².